The van der Waals surface area contributed by atoms with E-state index in [0.717, 1.165) is 0 Å². The second kappa shape index (κ2) is 4.93. The van der Waals surface area contributed by atoms with Gasteiger partial charge in [-0.1, -0.05) is 11.6 Å². The maximum absolute atomic E-state index is 11.9. The van der Waals surface area contributed by atoms with Crippen LogP contribution in [0.2, 0.25) is 5.02 Å². The van der Waals surface area contributed by atoms with Crippen molar-refractivity contribution in [1.82, 2.24) is 4.98 Å². The van der Waals surface area contributed by atoms with E-state index in [4.69, 9.17) is 21.4 Å². The highest BCUT2D eigenvalue weighted by molar-refractivity contribution is 6.37. The second-order valence-corrected chi connectivity index (χ2v) is 4.51. The number of hydrogen-bond acceptors (Lipinski definition) is 3. The fourth-order valence-electron chi connectivity index (χ4n) is 2.07. The lowest BCUT2D eigenvalue weighted by molar-refractivity contribution is -0.136. The van der Waals surface area contributed by atoms with E-state index >= 15 is 0 Å². The third-order valence-electron chi connectivity index (χ3n) is 3.00. The van der Waals surface area contributed by atoms with Crippen LogP contribution >= 0.6 is 11.6 Å². The van der Waals surface area contributed by atoms with Crippen LogP contribution in [0.3, 0.4) is 0 Å². The summed E-state index contributed by atoms with van der Waals surface area (Å²) >= 11 is 6.21. The summed E-state index contributed by atoms with van der Waals surface area (Å²) in [5.41, 5.74) is 0.913. The van der Waals surface area contributed by atoms with E-state index in [-0.39, 0.29) is 12.0 Å². The lowest BCUT2D eigenvalue weighted by Crippen LogP contribution is -2.18. The first-order valence-corrected chi connectivity index (χ1v) is 5.93. The Morgan fingerprint density at radius 3 is 2.74 bits per heavy atom. The molecule has 0 bridgehead atoms. The molecule has 100 valence electrons. The summed E-state index contributed by atoms with van der Waals surface area (Å²) in [4.78, 5) is 25.3. The van der Waals surface area contributed by atoms with Gasteiger partial charge in [-0.05, 0) is 24.6 Å². The number of pyridine rings is 1. The van der Waals surface area contributed by atoms with Crippen LogP contribution in [-0.2, 0) is 11.2 Å². The maximum Gasteiger partial charge on any atom is 0.308 e. The van der Waals surface area contributed by atoms with Crippen LogP contribution in [0.25, 0.3) is 10.9 Å². The van der Waals surface area contributed by atoms with Gasteiger partial charge in [0.1, 0.15) is 5.75 Å². The molecule has 0 unspecified atom stereocenters. The predicted octanol–water partition coefficient (Wildman–Crippen LogP) is 2.13. The molecule has 2 rings (SSSR count). The molecule has 19 heavy (non-hydrogen) atoms. The van der Waals surface area contributed by atoms with Crippen molar-refractivity contribution in [3.8, 4) is 5.75 Å². The lowest BCUT2D eigenvalue weighted by atomic mass is 10.0. The van der Waals surface area contributed by atoms with Gasteiger partial charge in [0, 0.05) is 10.9 Å². The van der Waals surface area contributed by atoms with E-state index < -0.39 is 11.5 Å². The molecule has 0 saturated heterocycles. The van der Waals surface area contributed by atoms with Gasteiger partial charge < -0.3 is 14.8 Å². The van der Waals surface area contributed by atoms with Gasteiger partial charge in [0.15, 0.2) is 0 Å². The van der Waals surface area contributed by atoms with E-state index in [0.29, 0.717) is 27.2 Å². The number of hydrogen-bond donors (Lipinski definition) is 2. The summed E-state index contributed by atoms with van der Waals surface area (Å²) < 4.78 is 5.12. The monoisotopic (exact) mass is 281 g/mol. The molecule has 0 fully saturated rings. The number of methoxy groups -OCH3 is 1. The number of halogens is 1. The zero-order valence-electron chi connectivity index (χ0n) is 10.4. The van der Waals surface area contributed by atoms with E-state index in [9.17, 15) is 9.59 Å². The molecule has 0 spiro atoms. The van der Waals surface area contributed by atoms with E-state index in [1.54, 1.807) is 19.1 Å². The fraction of sp³-hybridized carbons (Fsp3) is 0.231. The number of fused-ring (bicyclic) bond motifs is 1. The summed E-state index contributed by atoms with van der Waals surface area (Å²) in [6.45, 7) is 1.68. The average Bonchev–Trinajstić information content (AvgIpc) is 2.34. The highest BCUT2D eigenvalue weighted by Crippen LogP contribution is 2.34. The number of aromatic amines is 1. The van der Waals surface area contributed by atoms with Crippen LogP contribution < -0.4 is 10.3 Å². The average molecular weight is 282 g/mol. The molecule has 0 aliphatic heterocycles. The number of nitrogens with one attached hydrogen (secondary N) is 1. The van der Waals surface area contributed by atoms with Gasteiger partial charge in [-0.2, -0.15) is 0 Å². The quantitative estimate of drug-likeness (QED) is 0.903. The first-order valence-electron chi connectivity index (χ1n) is 5.55. The first-order chi connectivity index (χ1) is 8.95. The normalized spacial score (nSPS) is 10.7. The molecule has 0 aliphatic carbocycles. The predicted molar refractivity (Wildman–Crippen MR) is 72.2 cm³/mol. The molecule has 1 aromatic heterocycles. The van der Waals surface area contributed by atoms with Crippen LogP contribution in [-0.4, -0.2) is 23.2 Å². The number of H-pyrrole nitrogens is 1. The number of carboxylic acids is 1. The van der Waals surface area contributed by atoms with Crippen LogP contribution in [0.15, 0.2) is 16.9 Å². The standard InChI is InChI=1S/C13H12ClNO4/c1-6-7(5-10(16)17)13(18)15-8-3-4-9(19-2)12(14)11(6)8/h3-4H,5H2,1-2H3,(H,15,18)(H,16,17). The third-order valence-corrected chi connectivity index (χ3v) is 3.38. The molecular weight excluding hydrogens is 270 g/mol. The summed E-state index contributed by atoms with van der Waals surface area (Å²) in [7, 11) is 1.49. The number of carbonyl (C=O) groups is 1. The maximum atomic E-state index is 11.9. The number of aromatic nitrogens is 1. The highest BCUT2D eigenvalue weighted by atomic mass is 35.5. The summed E-state index contributed by atoms with van der Waals surface area (Å²) in [6, 6.07) is 3.33. The largest absolute Gasteiger partial charge is 0.495 e. The van der Waals surface area contributed by atoms with Crippen LogP contribution in [0, 0.1) is 6.92 Å². The van der Waals surface area contributed by atoms with Crippen molar-refractivity contribution in [3.63, 3.8) is 0 Å². The van der Waals surface area contributed by atoms with Crippen molar-refractivity contribution in [3.05, 3.63) is 38.6 Å². The van der Waals surface area contributed by atoms with Crippen LogP contribution in [0.1, 0.15) is 11.1 Å². The summed E-state index contributed by atoms with van der Waals surface area (Å²) in [6.07, 6.45) is -0.343. The number of ether oxygens (including phenoxy) is 1. The van der Waals surface area contributed by atoms with Crippen molar-refractivity contribution >= 4 is 28.5 Å². The van der Waals surface area contributed by atoms with Gasteiger partial charge in [0.05, 0.1) is 24.1 Å². The molecule has 0 saturated carbocycles. The number of rotatable bonds is 3. The Morgan fingerprint density at radius 2 is 2.16 bits per heavy atom. The van der Waals surface area contributed by atoms with Crippen molar-refractivity contribution in [2.45, 2.75) is 13.3 Å². The highest BCUT2D eigenvalue weighted by Gasteiger charge is 2.16. The molecule has 1 aromatic carbocycles. The molecular formula is C13H12ClNO4. The lowest BCUT2D eigenvalue weighted by Gasteiger charge is -2.11. The van der Waals surface area contributed by atoms with Gasteiger partial charge in [-0.3, -0.25) is 9.59 Å². The minimum Gasteiger partial charge on any atom is -0.495 e. The summed E-state index contributed by atoms with van der Waals surface area (Å²) in [5.74, 6) is -0.586. The van der Waals surface area contributed by atoms with Gasteiger partial charge in [0.2, 0.25) is 0 Å². The number of benzene rings is 1. The zero-order valence-corrected chi connectivity index (χ0v) is 11.2. The minimum atomic E-state index is -1.06. The SMILES string of the molecule is COc1ccc2[nH]c(=O)c(CC(=O)O)c(C)c2c1Cl. The van der Waals surface area contributed by atoms with Crippen molar-refractivity contribution < 1.29 is 14.6 Å². The number of aliphatic carboxylic acids is 1. The molecule has 0 radical (unpaired) electrons. The van der Waals surface area contributed by atoms with E-state index in [1.807, 2.05) is 0 Å². The molecule has 5 nitrogen and oxygen atoms in total. The number of aryl methyl sites for hydroxylation is 1. The molecule has 1 heterocycles. The molecule has 0 amide bonds. The Kier molecular flexibility index (Phi) is 3.48. The van der Waals surface area contributed by atoms with Crippen LogP contribution in [0.5, 0.6) is 5.75 Å². The number of carboxylic acid groups (broad SMARTS) is 1. The van der Waals surface area contributed by atoms with Crippen LogP contribution in [0.4, 0.5) is 0 Å². The first kappa shape index (κ1) is 13.4. The summed E-state index contributed by atoms with van der Waals surface area (Å²) in [5, 5.41) is 9.82. The van der Waals surface area contributed by atoms with Gasteiger partial charge in [-0.25, -0.2) is 0 Å². The molecule has 0 aliphatic rings. The second-order valence-electron chi connectivity index (χ2n) is 4.13. The zero-order chi connectivity index (χ0) is 14.2. The fourth-order valence-corrected chi connectivity index (χ4v) is 2.45. The Labute approximate surface area is 113 Å². The van der Waals surface area contributed by atoms with Gasteiger partial charge in [-0.15, -0.1) is 0 Å². The Hall–Kier alpha value is -2.01. The molecule has 2 N–H and O–H groups in total. The minimum absolute atomic E-state index is 0.204. The molecule has 0 atom stereocenters. The molecule has 6 heteroatoms. The van der Waals surface area contributed by atoms with Crippen molar-refractivity contribution in [2.24, 2.45) is 0 Å². The molecule has 2 aromatic rings. The Bertz CT molecular complexity index is 721. The van der Waals surface area contributed by atoms with E-state index in [1.165, 1.54) is 7.11 Å². The van der Waals surface area contributed by atoms with Crippen molar-refractivity contribution in [2.75, 3.05) is 7.11 Å². The van der Waals surface area contributed by atoms with Crippen molar-refractivity contribution in [1.29, 1.82) is 0 Å². The third kappa shape index (κ3) is 2.29. The van der Waals surface area contributed by atoms with Gasteiger partial charge in [0.25, 0.3) is 5.56 Å². The Morgan fingerprint density at radius 1 is 1.47 bits per heavy atom. The smallest absolute Gasteiger partial charge is 0.308 e. The van der Waals surface area contributed by atoms with Gasteiger partial charge >= 0.3 is 5.97 Å². The Balaban J connectivity index is 2.84. The van der Waals surface area contributed by atoms with E-state index in [2.05, 4.69) is 4.98 Å². The topological polar surface area (TPSA) is 79.4 Å².